The van der Waals surface area contributed by atoms with Crippen molar-refractivity contribution in [2.45, 2.75) is 25.7 Å². The van der Waals surface area contributed by atoms with Gasteiger partial charge in [0.25, 0.3) is 0 Å². The number of fused-ring (bicyclic) bond motifs is 3. The van der Waals surface area contributed by atoms with E-state index in [0.29, 0.717) is 5.92 Å². The third kappa shape index (κ3) is 0.551. The summed E-state index contributed by atoms with van der Waals surface area (Å²) in [6.45, 7) is 0. The largest absolute Gasteiger partial charge is 0.296 e. The van der Waals surface area contributed by atoms with Gasteiger partial charge in [-0.2, -0.15) is 0 Å². The van der Waals surface area contributed by atoms with Crippen LogP contribution >= 0.6 is 0 Å². The predicted molar refractivity (Wildman–Crippen MR) is 41.0 cm³/mol. The van der Waals surface area contributed by atoms with Gasteiger partial charge in [-0.3, -0.25) is 14.9 Å². The summed E-state index contributed by atoms with van der Waals surface area (Å²) in [5.41, 5.74) is -0.122. The minimum Gasteiger partial charge on any atom is -0.296 e. The Bertz CT molecular complexity index is 286. The molecule has 1 N–H and O–H groups in total. The fourth-order valence-electron chi connectivity index (χ4n) is 3.23. The van der Waals surface area contributed by atoms with Gasteiger partial charge in [0.1, 0.15) is 0 Å². The van der Waals surface area contributed by atoms with Crippen LogP contribution in [0.1, 0.15) is 25.7 Å². The first-order valence-electron chi connectivity index (χ1n) is 4.57. The first kappa shape index (κ1) is 6.63. The van der Waals surface area contributed by atoms with Gasteiger partial charge in [0, 0.05) is 5.92 Å². The molecule has 3 unspecified atom stereocenters. The van der Waals surface area contributed by atoms with Gasteiger partial charge in [0.05, 0.1) is 5.41 Å². The zero-order chi connectivity index (χ0) is 8.34. The van der Waals surface area contributed by atoms with Crippen LogP contribution in [0.15, 0.2) is 0 Å². The highest BCUT2D eigenvalue weighted by atomic mass is 16.2. The van der Waals surface area contributed by atoms with E-state index in [-0.39, 0.29) is 23.1 Å². The van der Waals surface area contributed by atoms with Crippen LogP contribution in [0.4, 0.5) is 0 Å². The number of piperidine rings is 1. The molecule has 3 heteroatoms. The van der Waals surface area contributed by atoms with Crippen molar-refractivity contribution in [1.29, 1.82) is 0 Å². The van der Waals surface area contributed by atoms with Crippen molar-refractivity contribution in [3.8, 4) is 0 Å². The van der Waals surface area contributed by atoms with Crippen molar-refractivity contribution in [3.63, 3.8) is 0 Å². The van der Waals surface area contributed by atoms with Crippen LogP contribution in [-0.2, 0) is 9.59 Å². The molecular weight excluding hydrogens is 154 g/mol. The molecule has 1 saturated heterocycles. The molecule has 3 aliphatic rings. The fraction of sp³-hybridized carbons (Fsp3) is 0.778. The molecule has 1 spiro atoms. The van der Waals surface area contributed by atoms with Crippen molar-refractivity contribution in [2.24, 2.45) is 17.3 Å². The molecule has 0 aromatic carbocycles. The number of rotatable bonds is 0. The first-order valence-corrected chi connectivity index (χ1v) is 4.57. The maximum absolute atomic E-state index is 11.5. The number of carbonyl (C=O) groups excluding carboxylic acids is 2. The van der Waals surface area contributed by atoms with E-state index in [4.69, 9.17) is 0 Å². The van der Waals surface area contributed by atoms with Crippen LogP contribution in [0.25, 0.3) is 0 Å². The third-order valence-corrected chi connectivity index (χ3v) is 3.88. The SMILES string of the molecule is O=C1NC(=O)C23CCC(C2)C1C3. The Morgan fingerprint density at radius 2 is 2.17 bits per heavy atom. The molecule has 0 radical (unpaired) electrons. The molecule has 3 atom stereocenters. The summed E-state index contributed by atoms with van der Waals surface area (Å²) in [5.74, 6) is 0.662. The molecule has 2 aliphatic carbocycles. The summed E-state index contributed by atoms with van der Waals surface area (Å²) in [7, 11) is 0. The zero-order valence-corrected chi connectivity index (χ0v) is 6.80. The fourth-order valence-corrected chi connectivity index (χ4v) is 3.23. The van der Waals surface area contributed by atoms with Crippen LogP contribution < -0.4 is 5.32 Å². The lowest BCUT2D eigenvalue weighted by Crippen LogP contribution is -2.50. The molecule has 0 aromatic rings. The van der Waals surface area contributed by atoms with Gasteiger partial charge in [-0.1, -0.05) is 0 Å². The van der Waals surface area contributed by atoms with Crippen molar-refractivity contribution in [1.82, 2.24) is 5.32 Å². The number of hydrogen-bond donors (Lipinski definition) is 1. The van der Waals surface area contributed by atoms with Crippen LogP contribution in [-0.4, -0.2) is 11.8 Å². The van der Waals surface area contributed by atoms with Crippen molar-refractivity contribution in [3.05, 3.63) is 0 Å². The Balaban J connectivity index is 2.09. The van der Waals surface area contributed by atoms with Crippen molar-refractivity contribution >= 4 is 11.8 Å². The molecule has 1 heterocycles. The number of nitrogens with one attached hydrogen (secondary N) is 1. The summed E-state index contributed by atoms with van der Waals surface area (Å²) in [6, 6.07) is 0. The van der Waals surface area contributed by atoms with E-state index in [1.54, 1.807) is 0 Å². The van der Waals surface area contributed by atoms with Gasteiger partial charge < -0.3 is 0 Å². The number of hydrogen-bond acceptors (Lipinski definition) is 2. The number of carbonyl (C=O) groups is 2. The van der Waals surface area contributed by atoms with E-state index < -0.39 is 0 Å². The second-order valence-electron chi connectivity index (χ2n) is 4.41. The van der Waals surface area contributed by atoms with E-state index in [1.807, 2.05) is 0 Å². The van der Waals surface area contributed by atoms with Crippen LogP contribution in [0, 0.1) is 17.3 Å². The average Bonchev–Trinajstić information content (AvgIpc) is 2.57. The lowest BCUT2D eigenvalue weighted by atomic mass is 9.76. The molecular formula is C9H11NO2. The molecule has 3 fully saturated rings. The van der Waals surface area contributed by atoms with E-state index in [0.717, 1.165) is 25.7 Å². The van der Waals surface area contributed by atoms with Gasteiger partial charge in [-0.05, 0) is 31.6 Å². The molecule has 2 saturated carbocycles. The average molecular weight is 165 g/mol. The molecule has 64 valence electrons. The predicted octanol–water partition coefficient (Wildman–Crippen LogP) is 0.449. The monoisotopic (exact) mass is 165 g/mol. The smallest absolute Gasteiger partial charge is 0.232 e. The summed E-state index contributed by atoms with van der Waals surface area (Å²) in [4.78, 5) is 22.8. The highest BCUT2D eigenvalue weighted by Crippen LogP contribution is 2.58. The molecule has 2 amide bonds. The van der Waals surface area contributed by atoms with Crippen molar-refractivity contribution < 1.29 is 9.59 Å². The molecule has 0 aromatic heterocycles. The Morgan fingerprint density at radius 1 is 1.33 bits per heavy atom. The number of imide groups is 1. The second kappa shape index (κ2) is 1.73. The normalized spacial score (nSPS) is 49.7. The quantitative estimate of drug-likeness (QED) is 0.530. The molecule has 1 aliphatic heterocycles. The van der Waals surface area contributed by atoms with E-state index in [2.05, 4.69) is 5.32 Å². The van der Waals surface area contributed by atoms with Gasteiger partial charge in [0.15, 0.2) is 0 Å². The maximum atomic E-state index is 11.5. The van der Waals surface area contributed by atoms with Gasteiger partial charge in [0.2, 0.25) is 11.8 Å². The standard InChI is InChI=1S/C9H11NO2/c11-7-6-4-9(8(12)10-7)2-1-5(6)3-9/h5-6H,1-4H2,(H,10,11,12). The molecule has 12 heavy (non-hydrogen) atoms. The lowest BCUT2D eigenvalue weighted by molar-refractivity contribution is -0.143. The van der Waals surface area contributed by atoms with E-state index >= 15 is 0 Å². The Kier molecular flexibility index (Phi) is 0.955. The van der Waals surface area contributed by atoms with Crippen LogP contribution in [0.2, 0.25) is 0 Å². The minimum absolute atomic E-state index is 0.00347. The molecule has 3 bridgehead atoms. The second-order valence-corrected chi connectivity index (χ2v) is 4.41. The van der Waals surface area contributed by atoms with Gasteiger partial charge >= 0.3 is 0 Å². The topological polar surface area (TPSA) is 46.2 Å². The number of amides is 2. The van der Waals surface area contributed by atoms with Crippen LogP contribution in [0.3, 0.4) is 0 Å². The highest BCUT2D eigenvalue weighted by Gasteiger charge is 2.60. The van der Waals surface area contributed by atoms with Crippen LogP contribution in [0.5, 0.6) is 0 Å². The van der Waals surface area contributed by atoms with Gasteiger partial charge in [-0.25, -0.2) is 0 Å². The zero-order valence-electron chi connectivity index (χ0n) is 6.80. The maximum Gasteiger partial charge on any atom is 0.232 e. The lowest BCUT2D eigenvalue weighted by Gasteiger charge is -2.32. The Labute approximate surface area is 70.5 Å². The molecule has 3 rings (SSSR count). The summed E-state index contributed by atoms with van der Waals surface area (Å²) < 4.78 is 0. The minimum atomic E-state index is -0.122. The Hall–Kier alpha value is -0.860. The van der Waals surface area contributed by atoms with E-state index in [9.17, 15) is 9.59 Å². The highest BCUT2D eigenvalue weighted by molar-refractivity contribution is 6.03. The summed E-state index contributed by atoms with van der Waals surface area (Å²) in [6.07, 6.45) is 3.90. The van der Waals surface area contributed by atoms with Crippen molar-refractivity contribution in [2.75, 3.05) is 0 Å². The van der Waals surface area contributed by atoms with Gasteiger partial charge in [-0.15, -0.1) is 0 Å². The van der Waals surface area contributed by atoms with E-state index in [1.165, 1.54) is 0 Å². The summed E-state index contributed by atoms with van der Waals surface area (Å²) >= 11 is 0. The first-order chi connectivity index (χ1) is 5.71. The summed E-state index contributed by atoms with van der Waals surface area (Å²) in [5, 5.41) is 2.49. The third-order valence-electron chi connectivity index (χ3n) is 3.88. The molecule has 3 nitrogen and oxygen atoms in total. The Morgan fingerprint density at radius 3 is 3.00 bits per heavy atom.